The number of hydrogen-bond acceptors (Lipinski definition) is 4. The molecule has 2 aromatic rings. The third-order valence-electron chi connectivity index (χ3n) is 7.19. The van der Waals surface area contributed by atoms with E-state index in [0.717, 1.165) is 13.1 Å². The Morgan fingerprint density at radius 3 is 1.18 bits per heavy atom. The average molecular weight is 525 g/mol. The maximum Gasteiger partial charge on any atom is 0.0992 e. The van der Waals surface area contributed by atoms with Crippen LogP contribution in [0.15, 0.2) is 48.5 Å². The molecule has 0 N–H and O–H groups in total. The Balaban J connectivity index is 1.60. The molecular weight excluding hydrogens is 468 g/mol. The molecule has 0 fully saturated rings. The second-order valence-corrected chi connectivity index (χ2v) is 11.0. The quantitative estimate of drug-likeness (QED) is 0.107. The summed E-state index contributed by atoms with van der Waals surface area (Å²) in [4.78, 5) is 4.57. The Hall–Kier alpha value is -1.72. The Morgan fingerprint density at radius 1 is 0.474 bits per heavy atom. The highest BCUT2D eigenvalue weighted by Crippen LogP contribution is 2.21. The predicted molar refractivity (Wildman–Crippen MR) is 163 cm³/mol. The highest BCUT2D eigenvalue weighted by Gasteiger charge is 2.03. The molecule has 0 unspecified atom stereocenters. The van der Waals surface area contributed by atoms with Gasteiger partial charge in [0.25, 0.3) is 0 Å². The van der Waals surface area contributed by atoms with Gasteiger partial charge >= 0.3 is 0 Å². The maximum atomic E-state index is 5.94. The van der Waals surface area contributed by atoms with Gasteiger partial charge in [0, 0.05) is 0 Å². The molecule has 0 atom stereocenters. The van der Waals surface area contributed by atoms with Crippen molar-refractivity contribution in [3.05, 3.63) is 59.7 Å². The number of ether oxygens (including phenoxy) is 2. The third-order valence-corrected chi connectivity index (χ3v) is 7.19. The van der Waals surface area contributed by atoms with Gasteiger partial charge in [0.15, 0.2) is 0 Å². The van der Waals surface area contributed by atoms with E-state index in [1.807, 2.05) is 0 Å². The van der Waals surface area contributed by atoms with E-state index in [9.17, 15) is 0 Å². The summed E-state index contributed by atoms with van der Waals surface area (Å²) in [5.74, 6) is 0. The lowest BCUT2D eigenvalue weighted by Gasteiger charge is -2.17. The van der Waals surface area contributed by atoms with Crippen LogP contribution in [0.1, 0.15) is 102 Å². The van der Waals surface area contributed by atoms with E-state index in [2.05, 4.69) is 86.3 Å². The molecule has 0 saturated carbocycles. The molecule has 0 amide bonds. The van der Waals surface area contributed by atoms with Crippen molar-refractivity contribution in [2.45, 2.75) is 104 Å². The molecule has 38 heavy (non-hydrogen) atoms. The largest absolute Gasteiger partial charge is 0.361 e. The minimum atomic E-state index is 0.657. The standard InChI is InChI=1S/C34H56N2O2/c1-5-7-9-11-13-15-25-35(3)29-37-27-31-17-21-33(22-18-31)34-23-19-32(20-24-34)28-38-30-36(4)26-16-14-12-10-8-6-2/h17-24H,5-16,25-30H2,1-4H3. The molecule has 2 rings (SSSR count). The van der Waals surface area contributed by atoms with Gasteiger partial charge < -0.3 is 9.47 Å². The van der Waals surface area contributed by atoms with Gasteiger partial charge in [-0.15, -0.1) is 0 Å². The lowest BCUT2D eigenvalue weighted by Crippen LogP contribution is -2.22. The normalized spacial score (nSPS) is 11.6. The second-order valence-electron chi connectivity index (χ2n) is 11.0. The molecule has 4 heteroatoms. The smallest absolute Gasteiger partial charge is 0.0992 e. The van der Waals surface area contributed by atoms with Crippen LogP contribution in [0.5, 0.6) is 0 Å². The lowest BCUT2D eigenvalue weighted by atomic mass is 10.0. The maximum absolute atomic E-state index is 5.94. The van der Waals surface area contributed by atoms with Crippen LogP contribution in [0, 0.1) is 0 Å². The van der Waals surface area contributed by atoms with E-state index in [4.69, 9.17) is 9.47 Å². The molecule has 0 radical (unpaired) electrons. The van der Waals surface area contributed by atoms with Gasteiger partial charge in [-0.2, -0.15) is 0 Å². The van der Waals surface area contributed by atoms with E-state index in [1.54, 1.807) is 0 Å². The first-order chi connectivity index (χ1) is 18.6. The van der Waals surface area contributed by atoms with Crippen molar-refractivity contribution in [1.29, 1.82) is 0 Å². The van der Waals surface area contributed by atoms with Crippen LogP contribution in [0.4, 0.5) is 0 Å². The summed E-state index contributed by atoms with van der Waals surface area (Å²) >= 11 is 0. The topological polar surface area (TPSA) is 24.9 Å². The van der Waals surface area contributed by atoms with Crippen LogP contribution < -0.4 is 0 Å². The van der Waals surface area contributed by atoms with Crippen molar-refractivity contribution < 1.29 is 9.47 Å². The number of benzene rings is 2. The Bertz CT molecular complexity index is 737. The summed E-state index contributed by atoms with van der Waals surface area (Å²) in [5.41, 5.74) is 4.91. The zero-order valence-electron chi connectivity index (χ0n) is 25.1. The van der Waals surface area contributed by atoms with Gasteiger partial charge in [-0.05, 0) is 62.3 Å². The minimum absolute atomic E-state index is 0.657. The van der Waals surface area contributed by atoms with Crippen molar-refractivity contribution in [3.63, 3.8) is 0 Å². The lowest BCUT2D eigenvalue weighted by molar-refractivity contribution is 0.0316. The molecule has 0 spiro atoms. The summed E-state index contributed by atoms with van der Waals surface area (Å²) in [6, 6.07) is 17.5. The number of rotatable bonds is 23. The fourth-order valence-corrected chi connectivity index (χ4v) is 4.68. The number of hydrogen-bond donors (Lipinski definition) is 0. The fourth-order valence-electron chi connectivity index (χ4n) is 4.68. The van der Waals surface area contributed by atoms with Crippen molar-refractivity contribution in [2.75, 3.05) is 40.6 Å². The molecule has 214 valence electrons. The molecule has 0 aliphatic carbocycles. The Labute approximate surface area is 234 Å². The first kappa shape index (κ1) is 32.5. The summed E-state index contributed by atoms with van der Waals surface area (Å²) in [6.45, 7) is 9.46. The predicted octanol–water partition coefficient (Wildman–Crippen LogP) is 8.89. The van der Waals surface area contributed by atoms with Crippen molar-refractivity contribution in [3.8, 4) is 11.1 Å². The van der Waals surface area contributed by atoms with Crippen LogP contribution in [0.3, 0.4) is 0 Å². The van der Waals surface area contributed by atoms with Crippen molar-refractivity contribution in [1.82, 2.24) is 9.80 Å². The van der Waals surface area contributed by atoms with E-state index >= 15 is 0 Å². The molecule has 0 heterocycles. The molecule has 2 aromatic carbocycles. The zero-order chi connectivity index (χ0) is 27.3. The van der Waals surface area contributed by atoms with Gasteiger partial charge in [-0.3, -0.25) is 9.80 Å². The summed E-state index contributed by atoms with van der Waals surface area (Å²) < 4.78 is 11.9. The van der Waals surface area contributed by atoms with Crippen LogP contribution in [0.25, 0.3) is 11.1 Å². The van der Waals surface area contributed by atoms with E-state index in [-0.39, 0.29) is 0 Å². The minimum Gasteiger partial charge on any atom is -0.361 e. The summed E-state index contributed by atoms with van der Waals surface area (Å²) in [6.07, 6.45) is 16.0. The molecule has 0 saturated heterocycles. The van der Waals surface area contributed by atoms with Gasteiger partial charge in [0.2, 0.25) is 0 Å². The summed E-state index contributed by atoms with van der Waals surface area (Å²) in [7, 11) is 4.30. The number of unbranched alkanes of at least 4 members (excludes halogenated alkanes) is 10. The average Bonchev–Trinajstić information content (AvgIpc) is 2.93. The van der Waals surface area contributed by atoms with E-state index in [1.165, 1.54) is 99.3 Å². The zero-order valence-corrected chi connectivity index (χ0v) is 25.1. The second kappa shape index (κ2) is 21.1. The molecule has 0 aromatic heterocycles. The van der Waals surface area contributed by atoms with Gasteiger partial charge in [0.05, 0.1) is 26.7 Å². The molecule has 0 aliphatic rings. The Kier molecular flexibility index (Phi) is 18.1. The molecule has 0 aliphatic heterocycles. The van der Waals surface area contributed by atoms with Crippen molar-refractivity contribution in [2.24, 2.45) is 0 Å². The van der Waals surface area contributed by atoms with Crippen LogP contribution >= 0.6 is 0 Å². The Morgan fingerprint density at radius 2 is 0.816 bits per heavy atom. The molecule has 4 nitrogen and oxygen atoms in total. The van der Waals surface area contributed by atoms with Crippen molar-refractivity contribution >= 4 is 0 Å². The first-order valence-corrected chi connectivity index (χ1v) is 15.3. The van der Waals surface area contributed by atoms with Crippen LogP contribution in [-0.2, 0) is 22.7 Å². The van der Waals surface area contributed by atoms with Gasteiger partial charge in [0.1, 0.15) is 0 Å². The SMILES string of the molecule is CCCCCCCCN(C)COCc1ccc(-c2ccc(COCN(C)CCCCCCCC)cc2)cc1. The van der Waals surface area contributed by atoms with E-state index < -0.39 is 0 Å². The van der Waals surface area contributed by atoms with Crippen LogP contribution in [0.2, 0.25) is 0 Å². The highest BCUT2D eigenvalue weighted by atomic mass is 16.5. The fraction of sp³-hybridized carbons (Fsp3) is 0.647. The first-order valence-electron chi connectivity index (χ1n) is 15.3. The van der Waals surface area contributed by atoms with Gasteiger partial charge in [-0.1, -0.05) is 127 Å². The molecular formula is C34H56N2O2. The van der Waals surface area contributed by atoms with E-state index in [0.29, 0.717) is 26.7 Å². The van der Waals surface area contributed by atoms with Gasteiger partial charge in [-0.25, -0.2) is 0 Å². The monoisotopic (exact) mass is 524 g/mol. The molecule has 0 bridgehead atoms. The third kappa shape index (κ3) is 15.0. The summed E-state index contributed by atoms with van der Waals surface area (Å²) in [5, 5.41) is 0. The highest BCUT2D eigenvalue weighted by molar-refractivity contribution is 5.63. The number of nitrogens with zero attached hydrogens (tertiary/aromatic N) is 2. The van der Waals surface area contributed by atoms with Crippen LogP contribution in [-0.4, -0.2) is 50.4 Å².